The molecule has 1 unspecified atom stereocenters. The lowest BCUT2D eigenvalue weighted by molar-refractivity contribution is -0.140. The number of methoxy groups -OCH3 is 1. The molecule has 3 amide bonds. The second-order valence-electron chi connectivity index (χ2n) is 7.69. The lowest BCUT2D eigenvalue weighted by atomic mass is 10.1. The van der Waals surface area contributed by atoms with Gasteiger partial charge in [0, 0.05) is 12.5 Å². The number of nitrogens with zero attached hydrogens (tertiary/aromatic N) is 2. The molecule has 2 aromatic rings. The van der Waals surface area contributed by atoms with Gasteiger partial charge in [-0.3, -0.25) is 14.4 Å². The first kappa shape index (κ1) is 20.7. The van der Waals surface area contributed by atoms with Gasteiger partial charge in [-0.1, -0.05) is 12.1 Å². The lowest BCUT2D eigenvalue weighted by Crippen LogP contribution is -2.45. The molecular weight excluding hydrogens is 403 g/mol. The van der Waals surface area contributed by atoms with Crippen LogP contribution in [0.5, 0.6) is 0 Å². The van der Waals surface area contributed by atoms with Gasteiger partial charge in [0.15, 0.2) is 0 Å². The van der Waals surface area contributed by atoms with Gasteiger partial charge in [-0.15, -0.1) is 0 Å². The summed E-state index contributed by atoms with van der Waals surface area (Å²) in [6.45, 7) is 0.119. The summed E-state index contributed by atoms with van der Waals surface area (Å²) in [5.41, 5.74) is 1.30. The minimum absolute atomic E-state index is 0.119. The Hall–Kier alpha value is -3.55. The lowest BCUT2D eigenvalue weighted by Gasteiger charge is -2.28. The first-order valence-corrected chi connectivity index (χ1v) is 9.99. The molecule has 1 atom stereocenters. The molecule has 2 aliphatic rings. The van der Waals surface area contributed by atoms with Crippen LogP contribution in [0.3, 0.4) is 0 Å². The number of amides is 3. The topological polar surface area (TPSA) is 84.0 Å². The third-order valence-electron chi connectivity index (χ3n) is 5.52. The van der Waals surface area contributed by atoms with Gasteiger partial charge in [0.1, 0.15) is 11.9 Å². The highest BCUT2D eigenvalue weighted by Crippen LogP contribution is 2.35. The van der Waals surface area contributed by atoms with Crippen molar-refractivity contribution in [3.8, 4) is 0 Å². The van der Waals surface area contributed by atoms with E-state index in [1.807, 2.05) is 0 Å². The van der Waals surface area contributed by atoms with Crippen LogP contribution in [0.2, 0.25) is 0 Å². The van der Waals surface area contributed by atoms with E-state index in [1.54, 1.807) is 12.1 Å². The summed E-state index contributed by atoms with van der Waals surface area (Å²) in [5.74, 6) is -2.14. The van der Waals surface area contributed by atoms with E-state index in [2.05, 4.69) is 4.74 Å². The van der Waals surface area contributed by atoms with Gasteiger partial charge in [-0.05, 0) is 54.8 Å². The fraction of sp³-hybridized carbons (Fsp3) is 0.304. The molecule has 1 heterocycles. The minimum atomic E-state index is -0.925. The fourth-order valence-corrected chi connectivity index (χ4v) is 3.69. The average Bonchev–Trinajstić information content (AvgIpc) is 3.58. The Labute approximate surface area is 178 Å². The van der Waals surface area contributed by atoms with Crippen molar-refractivity contribution in [1.82, 2.24) is 4.90 Å². The van der Waals surface area contributed by atoms with E-state index in [9.17, 15) is 23.6 Å². The molecule has 8 heteroatoms. The van der Waals surface area contributed by atoms with Crippen molar-refractivity contribution in [3.63, 3.8) is 0 Å². The van der Waals surface area contributed by atoms with Crippen molar-refractivity contribution in [3.05, 3.63) is 65.5 Å². The first-order valence-electron chi connectivity index (χ1n) is 9.99. The van der Waals surface area contributed by atoms with E-state index in [0.29, 0.717) is 16.8 Å². The molecule has 1 saturated heterocycles. The molecule has 0 bridgehead atoms. The molecule has 0 radical (unpaired) electrons. The number of anilines is 1. The highest BCUT2D eigenvalue weighted by Gasteiger charge is 2.46. The Kier molecular flexibility index (Phi) is 5.54. The number of halogens is 1. The summed E-state index contributed by atoms with van der Waals surface area (Å²) >= 11 is 0. The summed E-state index contributed by atoms with van der Waals surface area (Å²) < 4.78 is 17.9. The molecule has 1 saturated carbocycles. The first-order chi connectivity index (χ1) is 14.9. The molecule has 0 aromatic heterocycles. The van der Waals surface area contributed by atoms with Crippen molar-refractivity contribution in [2.75, 3.05) is 12.0 Å². The maximum atomic E-state index is 13.3. The predicted molar refractivity (Wildman–Crippen MR) is 108 cm³/mol. The van der Waals surface area contributed by atoms with Crippen LogP contribution in [0.25, 0.3) is 0 Å². The van der Waals surface area contributed by atoms with E-state index in [-0.39, 0.29) is 24.8 Å². The summed E-state index contributed by atoms with van der Waals surface area (Å²) in [5, 5.41) is 0. The van der Waals surface area contributed by atoms with Crippen molar-refractivity contribution in [2.24, 2.45) is 5.92 Å². The van der Waals surface area contributed by atoms with E-state index in [0.717, 1.165) is 17.7 Å². The molecule has 0 N–H and O–H groups in total. The monoisotopic (exact) mass is 424 g/mol. The molecule has 4 rings (SSSR count). The SMILES string of the molecule is COC(=O)c1ccc(N2C(=O)CC(N(Cc3ccc(F)cc3)C(=O)C3CC3)C2=O)cc1. The molecule has 0 spiro atoms. The molecule has 2 fully saturated rings. The van der Waals surface area contributed by atoms with Gasteiger partial charge in [-0.25, -0.2) is 14.1 Å². The van der Waals surface area contributed by atoms with E-state index < -0.39 is 29.6 Å². The standard InChI is InChI=1S/C23H21FN2O5/c1-31-23(30)16-6-10-18(11-7-16)26-20(27)12-19(22(26)29)25(21(28)15-4-5-15)13-14-2-8-17(24)9-3-14/h2-3,6-11,15,19H,4-5,12-13H2,1H3. The summed E-state index contributed by atoms with van der Waals surface area (Å²) in [6.07, 6.45) is 1.38. The molecule has 2 aromatic carbocycles. The zero-order chi connectivity index (χ0) is 22.1. The zero-order valence-corrected chi connectivity index (χ0v) is 16.9. The quantitative estimate of drug-likeness (QED) is 0.526. The number of rotatable bonds is 6. The second-order valence-corrected chi connectivity index (χ2v) is 7.69. The molecule has 160 valence electrons. The third kappa shape index (κ3) is 4.19. The van der Waals surface area contributed by atoms with E-state index in [1.165, 1.54) is 48.4 Å². The van der Waals surface area contributed by atoms with Gasteiger partial charge in [0.25, 0.3) is 5.91 Å². The maximum absolute atomic E-state index is 13.3. The number of hydrogen-bond donors (Lipinski definition) is 0. The number of hydrogen-bond acceptors (Lipinski definition) is 5. The van der Waals surface area contributed by atoms with Gasteiger partial charge < -0.3 is 9.64 Å². The van der Waals surface area contributed by atoms with Crippen LogP contribution in [0.15, 0.2) is 48.5 Å². The van der Waals surface area contributed by atoms with Crippen molar-refractivity contribution in [1.29, 1.82) is 0 Å². The van der Waals surface area contributed by atoms with E-state index >= 15 is 0 Å². The van der Waals surface area contributed by atoms with Gasteiger partial charge >= 0.3 is 5.97 Å². The number of imide groups is 1. The summed E-state index contributed by atoms with van der Waals surface area (Å²) in [4.78, 5) is 52.9. The Balaban J connectivity index is 1.58. The van der Waals surface area contributed by atoms with Crippen molar-refractivity contribution in [2.45, 2.75) is 31.8 Å². The Bertz CT molecular complexity index is 1030. The third-order valence-corrected chi connectivity index (χ3v) is 5.52. The minimum Gasteiger partial charge on any atom is -0.465 e. The highest BCUT2D eigenvalue weighted by molar-refractivity contribution is 6.23. The molecule has 7 nitrogen and oxygen atoms in total. The zero-order valence-electron chi connectivity index (χ0n) is 16.9. The largest absolute Gasteiger partial charge is 0.465 e. The second kappa shape index (κ2) is 8.29. The van der Waals surface area contributed by atoms with E-state index in [4.69, 9.17) is 0 Å². The van der Waals surface area contributed by atoms with Crippen LogP contribution >= 0.6 is 0 Å². The Morgan fingerprint density at radius 2 is 1.71 bits per heavy atom. The smallest absolute Gasteiger partial charge is 0.337 e. The molecule has 1 aliphatic heterocycles. The van der Waals surface area contributed by atoms with Crippen LogP contribution in [0.1, 0.15) is 35.2 Å². The molecule has 31 heavy (non-hydrogen) atoms. The van der Waals surface area contributed by atoms with Crippen molar-refractivity contribution < 1.29 is 28.3 Å². The number of ether oxygens (including phenoxy) is 1. The molecule has 1 aliphatic carbocycles. The van der Waals surface area contributed by atoms with Crippen molar-refractivity contribution >= 4 is 29.4 Å². The van der Waals surface area contributed by atoms with Gasteiger partial charge in [0.2, 0.25) is 11.8 Å². The highest BCUT2D eigenvalue weighted by atomic mass is 19.1. The van der Waals surface area contributed by atoms with Crippen LogP contribution < -0.4 is 4.90 Å². The van der Waals surface area contributed by atoms with Crippen LogP contribution in [-0.2, 0) is 25.7 Å². The fourth-order valence-electron chi connectivity index (χ4n) is 3.69. The number of carbonyl (C=O) groups is 4. The summed E-state index contributed by atoms with van der Waals surface area (Å²) in [7, 11) is 1.26. The van der Waals surface area contributed by atoms with Crippen LogP contribution in [0, 0.1) is 11.7 Å². The Morgan fingerprint density at radius 1 is 1.06 bits per heavy atom. The summed E-state index contributed by atoms with van der Waals surface area (Å²) in [6, 6.07) is 10.7. The van der Waals surface area contributed by atoms with Gasteiger partial charge in [-0.2, -0.15) is 0 Å². The number of benzene rings is 2. The normalized spacial score (nSPS) is 18.3. The predicted octanol–water partition coefficient (Wildman–Crippen LogP) is 2.68. The van der Waals surface area contributed by atoms with Gasteiger partial charge in [0.05, 0.1) is 24.8 Å². The van der Waals surface area contributed by atoms with Crippen LogP contribution in [0.4, 0.5) is 10.1 Å². The Morgan fingerprint density at radius 3 is 2.29 bits per heavy atom. The average molecular weight is 424 g/mol. The number of esters is 1. The number of carbonyl (C=O) groups excluding carboxylic acids is 4. The molecular formula is C23H21FN2O5. The van der Waals surface area contributed by atoms with Crippen LogP contribution in [-0.4, -0.2) is 41.7 Å². The maximum Gasteiger partial charge on any atom is 0.337 e.